The Morgan fingerprint density at radius 3 is 2.75 bits per heavy atom. The molecule has 0 aliphatic heterocycles. The molecule has 0 aliphatic rings. The van der Waals surface area contributed by atoms with E-state index in [0.29, 0.717) is 5.69 Å². The Balaban J connectivity index is 2.77. The molecule has 0 bridgehead atoms. The molecule has 0 spiro atoms. The maximum absolute atomic E-state index is 12.1. The van der Waals surface area contributed by atoms with E-state index in [2.05, 4.69) is 6.92 Å². The molecule has 0 saturated heterocycles. The maximum atomic E-state index is 12.1. The average Bonchev–Trinajstić information content (AvgIpc) is 2.57. The number of anilines is 1. The number of carbonyl (C=O) groups excluding carboxylic acids is 1. The Hall–Kier alpha value is -0.680. The van der Waals surface area contributed by atoms with Crippen LogP contribution in [0.25, 0.3) is 0 Å². The summed E-state index contributed by atoms with van der Waals surface area (Å²) >= 11 is 3.21. The largest absolute Gasteiger partial charge is 0.398 e. The first-order valence-electron chi connectivity index (χ1n) is 5.09. The van der Waals surface area contributed by atoms with Gasteiger partial charge in [0.15, 0.2) is 0 Å². The zero-order valence-corrected chi connectivity index (χ0v) is 11.7. The molecule has 0 radical (unpaired) electrons. The van der Waals surface area contributed by atoms with E-state index in [1.54, 1.807) is 22.7 Å². The molecular weight excluding hydrogens is 240 g/mol. The molecule has 5 heteroatoms. The minimum absolute atomic E-state index is 0.0614. The van der Waals surface area contributed by atoms with Gasteiger partial charge in [-0.2, -0.15) is 11.8 Å². The van der Waals surface area contributed by atoms with E-state index in [0.717, 1.165) is 15.5 Å². The molecule has 1 amide bonds. The molecule has 1 rings (SSSR count). The number of nitrogens with two attached hydrogens (primary N) is 1. The van der Waals surface area contributed by atoms with Gasteiger partial charge in [0, 0.05) is 29.4 Å². The lowest BCUT2D eigenvalue weighted by Gasteiger charge is -2.23. The van der Waals surface area contributed by atoms with Crippen molar-refractivity contribution in [3.8, 4) is 0 Å². The number of thiophene rings is 1. The number of carbonyl (C=O) groups is 1. The van der Waals surface area contributed by atoms with Crippen LogP contribution in [0.2, 0.25) is 0 Å². The number of nitrogen functional groups attached to an aromatic ring is 1. The highest BCUT2D eigenvalue weighted by Gasteiger charge is 2.19. The van der Waals surface area contributed by atoms with E-state index in [1.165, 1.54) is 11.3 Å². The minimum Gasteiger partial charge on any atom is -0.398 e. The number of hydrogen-bond donors (Lipinski definition) is 1. The molecule has 0 aromatic carbocycles. The monoisotopic (exact) mass is 258 g/mol. The van der Waals surface area contributed by atoms with Gasteiger partial charge >= 0.3 is 0 Å². The molecule has 1 atom stereocenters. The summed E-state index contributed by atoms with van der Waals surface area (Å²) in [5.41, 5.74) is 6.46. The van der Waals surface area contributed by atoms with E-state index in [-0.39, 0.29) is 11.9 Å². The topological polar surface area (TPSA) is 46.3 Å². The number of hydrogen-bond acceptors (Lipinski definition) is 4. The summed E-state index contributed by atoms with van der Waals surface area (Å²) in [4.78, 5) is 15.6. The predicted octanol–water partition coefficient (Wildman–Crippen LogP) is 2.46. The van der Waals surface area contributed by atoms with Crippen LogP contribution in [0.1, 0.15) is 21.5 Å². The number of amides is 1. The van der Waals surface area contributed by atoms with Crippen molar-refractivity contribution in [2.24, 2.45) is 0 Å². The summed E-state index contributed by atoms with van der Waals surface area (Å²) in [7, 11) is 1.84. The predicted molar refractivity (Wildman–Crippen MR) is 73.4 cm³/mol. The second-order valence-electron chi connectivity index (χ2n) is 3.84. The highest BCUT2D eigenvalue weighted by atomic mass is 32.2. The van der Waals surface area contributed by atoms with E-state index in [1.807, 2.05) is 20.2 Å². The molecule has 0 fully saturated rings. The van der Waals surface area contributed by atoms with E-state index in [9.17, 15) is 4.79 Å². The third-order valence-electron chi connectivity index (χ3n) is 2.56. The molecule has 0 aliphatic carbocycles. The number of rotatable bonds is 4. The summed E-state index contributed by atoms with van der Waals surface area (Å²) in [6, 6.07) is 2.01. The van der Waals surface area contributed by atoms with Gasteiger partial charge < -0.3 is 10.6 Å². The Bertz CT molecular complexity index is 357. The van der Waals surface area contributed by atoms with Gasteiger partial charge in [-0.15, -0.1) is 11.3 Å². The normalized spacial score (nSPS) is 12.5. The van der Waals surface area contributed by atoms with Crippen molar-refractivity contribution in [1.82, 2.24) is 4.90 Å². The van der Waals surface area contributed by atoms with Gasteiger partial charge in [0.05, 0.1) is 4.88 Å². The molecule has 1 aromatic rings. The lowest BCUT2D eigenvalue weighted by Crippen LogP contribution is -2.36. The molecule has 1 heterocycles. The van der Waals surface area contributed by atoms with Crippen LogP contribution in [0.3, 0.4) is 0 Å². The highest BCUT2D eigenvalue weighted by Crippen LogP contribution is 2.25. The molecule has 0 saturated carbocycles. The number of thioether (sulfide) groups is 1. The van der Waals surface area contributed by atoms with E-state index in [4.69, 9.17) is 5.73 Å². The standard InChI is InChI=1S/C11H18N2OS2/c1-7(6-15-4)13(3)11(14)10-5-9(12)8(2)16-10/h5,7H,6,12H2,1-4H3. The third kappa shape index (κ3) is 2.92. The van der Waals surface area contributed by atoms with Crippen LogP contribution < -0.4 is 5.73 Å². The van der Waals surface area contributed by atoms with Gasteiger partial charge in [0.25, 0.3) is 5.91 Å². The molecule has 2 N–H and O–H groups in total. The zero-order chi connectivity index (χ0) is 12.3. The molecule has 3 nitrogen and oxygen atoms in total. The van der Waals surface area contributed by atoms with Crippen molar-refractivity contribution in [3.05, 3.63) is 15.8 Å². The highest BCUT2D eigenvalue weighted by molar-refractivity contribution is 7.98. The zero-order valence-electron chi connectivity index (χ0n) is 10.1. The Kier molecular flexibility index (Phi) is 4.68. The van der Waals surface area contributed by atoms with Gasteiger partial charge in [-0.25, -0.2) is 0 Å². The lowest BCUT2D eigenvalue weighted by atomic mass is 10.3. The number of nitrogens with zero attached hydrogens (tertiary/aromatic N) is 1. The van der Waals surface area contributed by atoms with Crippen LogP contribution in [0, 0.1) is 6.92 Å². The van der Waals surface area contributed by atoms with Crippen molar-refractivity contribution in [1.29, 1.82) is 0 Å². The van der Waals surface area contributed by atoms with Crippen LogP contribution in [0.15, 0.2) is 6.07 Å². The summed E-state index contributed by atoms with van der Waals surface area (Å²) < 4.78 is 0. The summed E-state index contributed by atoms with van der Waals surface area (Å²) in [6.07, 6.45) is 2.04. The van der Waals surface area contributed by atoms with E-state index < -0.39 is 0 Å². The SMILES string of the molecule is CSCC(C)N(C)C(=O)c1cc(N)c(C)s1. The summed E-state index contributed by atoms with van der Waals surface area (Å²) in [5.74, 6) is 1.01. The van der Waals surface area contributed by atoms with Crippen LogP contribution in [0.5, 0.6) is 0 Å². The fraction of sp³-hybridized carbons (Fsp3) is 0.545. The van der Waals surface area contributed by atoms with Gasteiger partial charge in [-0.1, -0.05) is 0 Å². The van der Waals surface area contributed by atoms with Gasteiger partial charge in [0.2, 0.25) is 0 Å². The minimum atomic E-state index is 0.0614. The molecule has 1 aromatic heterocycles. The lowest BCUT2D eigenvalue weighted by molar-refractivity contribution is 0.0762. The van der Waals surface area contributed by atoms with Crippen LogP contribution >= 0.6 is 23.1 Å². The quantitative estimate of drug-likeness (QED) is 0.902. The first-order chi connectivity index (χ1) is 7.47. The molecule has 1 unspecified atom stereocenters. The first-order valence-corrected chi connectivity index (χ1v) is 7.30. The smallest absolute Gasteiger partial charge is 0.264 e. The van der Waals surface area contributed by atoms with Gasteiger partial charge in [0.1, 0.15) is 0 Å². The van der Waals surface area contributed by atoms with Crippen molar-refractivity contribution in [2.45, 2.75) is 19.9 Å². The first kappa shape index (κ1) is 13.4. The van der Waals surface area contributed by atoms with Crippen molar-refractivity contribution >= 4 is 34.7 Å². The fourth-order valence-corrected chi connectivity index (χ4v) is 2.96. The van der Waals surface area contributed by atoms with Gasteiger partial charge in [-0.05, 0) is 26.2 Å². The number of aryl methyl sites for hydroxylation is 1. The average molecular weight is 258 g/mol. The summed E-state index contributed by atoms with van der Waals surface area (Å²) in [5, 5.41) is 0. The second-order valence-corrected chi connectivity index (χ2v) is 6.01. The third-order valence-corrected chi connectivity index (χ3v) is 4.43. The molecule has 16 heavy (non-hydrogen) atoms. The van der Waals surface area contributed by atoms with Crippen LogP contribution in [-0.4, -0.2) is 35.9 Å². The second kappa shape index (κ2) is 5.59. The maximum Gasteiger partial charge on any atom is 0.264 e. The molecule has 90 valence electrons. The van der Waals surface area contributed by atoms with E-state index >= 15 is 0 Å². The van der Waals surface area contributed by atoms with Crippen LogP contribution in [-0.2, 0) is 0 Å². The van der Waals surface area contributed by atoms with Crippen molar-refractivity contribution in [2.75, 3.05) is 24.8 Å². The van der Waals surface area contributed by atoms with Gasteiger partial charge in [-0.3, -0.25) is 4.79 Å². The fourth-order valence-electron chi connectivity index (χ4n) is 1.33. The van der Waals surface area contributed by atoms with Crippen molar-refractivity contribution in [3.63, 3.8) is 0 Å². The Morgan fingerprint density at radius 2 is 2.31 bits per heavy atom. The Labute approximate surface area is 105 Å². The molecular formula is C11H18N2OS2. The van der Waals surface area contributed by atoms with Crippen LogP contribution in [0.4, 0.5) is 5.69 Å². The van der Waals surface area contributed by atoms with Crippen molar-refractivity contribution < 1.29 is 4.79 Å². The Morgan fingerprint density at radius 1 is 1.69 bits per heavy atom. The summed E-state index contributed by atoms with van der Waals surface area (Å²) in [6.45, 7) is 3.99.